The first kappa shape index (κ1) is 13.1. The van der Waals surface area contributed by atoms with Gasteiger partial charge in [-0.3, -0.25) is 0 Å². The summed E-state index contributed by atoms with van der Waals surface area (Å²) in [6.07, 6.45) is 9.18. The zero-order chi connectivity index (χ0) is 10.9. The third kappa shape index (κ3) is 5.62. The lowest BCUT2D eigenvalue weighted by atomic mass is 10.1. The van der Waals surface area contributed by atoms with Crippen molar-refractivity contribution in [1.82, 2.24) is 10.2 Å². The second-order valence-corrected chi connectivity index (χ2v) is 5.14. The monoisotopic (exact) mass is 229 g/mol. The van der Waals surface area contributed by atoms with Gasteiger partial charge in [-0.2, -0.15) is 0 Å². The Morgan fingerprint density at radius 1 is 1.33 bits per heavy atom. The molecule has 0 aromatic carbocycles. The zero-order valence-electron chi connectivity index (χ0n) is 9.62. The molecule has 1 aliphatic heterocycles. The molecule has 0 bridgehead atoms. The predicted molar refractivity (Wildman–Crippen MR) is 69.8 cm³/mol. The van der Waals surface area contributed by atoms with Crippen LogP contribution in [0.2, 0.25) is 0 Å². The van der Waals surface area contributed by atoms with Crippen LogP contribution in [0.1, 0.15) is 25.7 Å². The number of nitrogens with one attached hydrogen (secondary N) is 1. The highest BCUT2D eigenvalue weighted by Gasteiger charge is 2.13. The molecule has 0 aliphatic carbocycles. The van der Waals surface area contributed by atoms with E-state index < -0.39 is 0 Å². The van der Waals surface area contributed by atoms with Crippen molar-refractivity contribution >= 4 is 14.5 Å². The maximum Gasteiger partial charge on any atom is 0.0615 e. The van der Waals surface area contributed by atoms with Gasteiger partial charge in [-0.15, -0.1) is 0 Å². The van der Waals surface area contributed by atoms with E-state index in [-0.39, 0.29) is 0 Å². The van der Waals surface area contributed by atoms with E-state index >= 15 is 0 Å². The van der Waals surface area contributed by atoms with Crippen molar-refractivity contribution < 1.29 is 0 Å². The van der Waals surface area contributed by atoms with Gasteiger partial charge in [0.25, 0.3) is 0 Å². The van der Waals surface area contributed by atoms with Crippen LogP contribution in [0.4, 0.5) is 0 Å². The van der Waals surface area contributed by atoms with Crippen LogP contribution in [0.5, 0.6) is 0 Å². The summed E-state index contributed by atoms with van der Waals surface area (Å²) in [5.41, 5.74) is 5.47. The van der Waals surface area contributed by atoms with Gasteiger partial charge in [0.2, 0.25) is 0 Å². The van der Waals surface area contributed by atoms with Crippen LogP contribution < -0.4 is 11.1 Å². The minimum atomic E-state index is 0.523. The summed E-state index contributed by atoms with van der Waals surface area (Å²) in [5, 5.41) is 3.52. The summed E-state index contributed by atoms with van der Waals surface area (Å²) in [7, 11) is 1.21. The molecule has 1 atom stereocenters. The molecule has 1 heterocycles. The largest absolute Gasteiger partial charge is 0.330 e. The van der Waals surface area contributed by atoms with Crippen molar-refractivity contribution in [3.63, 3.8) is 0 Å². The van der Waals surface area contributed by atoms with Gasteiger partial charge in [0, 0.05) is 6.54 Å². The van der Waals surface area contributed by atoms with Crippen molar-refractivity contribution in [3.8, 4) is 0 Å². The SMILES string of the molecule is C=PC(CN1CCCCC1)NCCCN. The van der Waals surface area contributed by atoms with Gasteiger partial charge in [0.05, 0.1) is 5.78 Å². The van der Waals surface area contributed by atoms with E-state index in [2.05, 4.69) is 16.5 Å². The molecule has 1 rings (SSSR count). The van der Waals surface area contributed by atoms with Crippen LogP contribution in [0.15, 0.2) is 0 Å². The number of piperidine rings is 1. The van der Waals surface area contributed by atoms with Gasteiger partial charge in [-0.1, -0.05) is 20.9 Å². The average molecular weight is 229 g/mol. The summed E-state index contributed by atoms with van der Waals surface area (Å²) >= 11 is 0. The third-order valence-corrected chi connectivity index (χ3v) is 3.65. The molecule has 0 saturated carbocycles. The van der Waals surface area contributed by atoms with Crippen molar-refractivity contribution in [1.29, 1.82) is 0 Å². The average Bonchev–Trinajstić information content (AvgIpc) is 2.29. The number of rotatable bonds is 7. The molecule has 1 saturated heterocycles. The van der Waals surface area contributed by atoms with E-state index in [0.29, 0.717) is 5.78 Å². The molecular weight excluding hydrogens is 205 g/mol. The highest BCUT2D eigenvalue weighted by atomic mass is 31.1. The molecule has 1 fully saturated rings. The molecule has 4 heteroatoms. The molecule has 0 amide bonds. The van der Waals surface area contributed by atoms with E-state index in [1.807, 2.05) is 0 Å². The number of nitrogens with zero attached hydrogens (tertiary/aromatic N) is 1. The van der Waals surface area contributed by atoms with Gasteiger partial charge >= 0.3 is 0 Å². The quantitative estimate of drug-likeness (QED) is 0.507. The Hall–Kier alpha value is 0.0500. The topological polar surface area (TPSA) is 41.3 Å². The van der Waals surface area contributed by atoms with Crippen LogP contribution >= 0.6 is 8.20 Å². The van der Waals surface area contributed by atoms with Crippen LogP contribution in [-0.4, -0.2) is 49.7 Å². The molecule has 3 nitrogen and oxygen atoms in total. The maximum absolute atomic E-state index is 5.47. The van der Waals surface area contributed by atoms with E-state index in [9.17, 15) is 0 Å². The number of hydrogen-bond acceptors (Lipinski definition) is 3. The Morgan fingerprint density at radius 3 is 2.67 bits per heavy atom. The molecule has 1 unspecified atom stereocenters. The lowest BCUT2D eigenvalue weighted by molar-refractivity contribution is 0.223. The fraction of sp³-hybridized carbons (Fsp3) is 0.909. The molecule has 0 radical (unpaired) electrons. The normalized spacial score (nSPS) is 20.6. The first-order valence-electron chi connectivity index (χ1n) is 5.98. The van der Waals surface area contributed by atoms with Crippen molar-refractivity contribution in [3.05, 3.63) is 0 Å². The van der Waals surface area contributed by atoms with Gasteiger partial charge in [-0.05, 0) is 45.4 Å². The number of nitrogens with two attached hydrogens (primary N) is 1. The molecule has 15 heavy (non-hydrogen) atoms. The molecule has 0 aromatic heterocycles. The number of likely N-dealkylation sites (tertiary alicyclic amines) is 1. The van der Waals surface area contributed by atoms with Crippen molar-refractivity contribution in [2.45, 2.75) is 31.5 Å². The lowest BCUT2D eigenvalue weighted by Gasteiger charge is -2.29. The first-order valence-corrected chi connectivity index (χ1v) is 7.13. The molecular formula is C11H24N3P. The summed E-state index contributed by atoms with van der Waals surface area (Å²) in [6.45, 7) is 5.49. The smallest absolute Gasteiger partial charge is 0.0615 e. The Bertz CT molecular complexity index is 169. The molecule has 0 spiro atoms. The van der Waals surface area contributed by atoms with Gasteiger partial charge in [0.1, 0.15) is 0 Å². The summed E-state index contributed by atoms with van der Waals surface area (Å²) < 4.78 is 0. The van der Waals surface area contributed by atoms with Gasteiger partial charge < -0.3 is 16.0 Å². The van der Waals surface area contributed by atoms with E-state index in [0.717, 1.165) is 26.1 Å². The molecule has 1 aliphatic rings. The first-order chi connectivity index (χ1) is 7.36. The Labute approximate surface area is 95.2 Å². The van der Waals surface area contributed by atoms with Crippen LogP contribution in [0.3, 0.4) is 0 Å². The fourth-order valence-corrected chi connectivity index (χ4v) is 2.55. The van der Waals surface area contributed by atoms with E-state index in [4.69, 9.17) is 5.73 Å². The predicted octanol–water partition coefficient (Wildman–Crippen LogP) is 1.11. The third-order valence-electron chi connectivity index (χ3n) is 2.86. The summed E-state index contributed by atoms with van der Waals surface area (Å²) in [4.78, 5) is 2.56. The van der Waals surface area contributed by atoms with Crippen LogP contribution in [0, 0.1) is 0 Å². The second-order valence-electron chi connectivity index (χ2n) is 4.16. The van der Waals surface area contributed by atoms with Crippen LogP contribution in [0.25, 0.3) is 0 Å². The molecule has 3 N–H and O–H groups in total. The minimum absolute atomic E-state index is 0.523. The Morgan fingerprint density at radius 2 is 2.07 bits per heavy atom. The standard InChI is InChI=1S/C11H24N3P/c1-15-11(13-7-5-6-12)10-14-8-3-2-4-9-14/h11,13H,1-10,12H2. The maximum atomic E-state index is 5.47. The lowest BCUT2D eigenvalue weighted by Crippen LogP contribution is -2.40. The van der Waals surface area contributed by atoms with E-state index in [1.165, 1.54) is 40.6 Å². The van der Waals surface area contributed by atoms with Gasteiger partial charge in [0.15, 0.2) is 0 Å². The molecule has 88 valence electrons. The second kappa shape index (κ2) is 8.23. The summed E-state index contributed by atoms with van der Waals surface area (Å²) in [5.74, 6) is 0.523. The number of hydrogen-bond donors (Lipinski definition) is 2. The highest BCUT2D eigenvalue weighted by molar-refractivity contribution is 7.37. The molecule has 0 aromatic rings. The van der Waals surface area contributed by atoms with E-state index in [1.54, 1.807) is 0 Å². The van der Waals surface area contributed by atoms with Gasteiger partial charge in [-0.25, -0.2) is 0 Å². The zero-order valence-corrected chi connectivity index (χ0v) is 10.5. The van der Waals surface area contributed by atoms with Crippen LogP contribution in [-0.2, 0) is 0 Å². The van der Waals surface area contributed by atoms with Crippen molar-refractivity contribution in [2.24, 2.45) is 5.73 Å². The Balaban J connectivity index is 2.16. The van der Waals surface area contributed by atoms with Crippen molar-refractivity contribution in [2.75, 3.05) is 32.7 Å². The summed E-state index contributed by atoms with van der Waals surface area (Å²) in [6, 6.07) is 0. The fourth-order valence-electron chi connectivity index (χ4n) is 1.94. The Kier molecular flexibility index (Phi) is 7.20. The highest BCUT2D eigenvalue weighted by Crippen LogP contribution is 2.12. The minimum Gasteiger partial charge on any atom is -0.330 e.